The first-order valence-electron chi connectivity index (χ1n) is 6.11. The van der Waals surface area contributed by atoms with Gasteiger partial charge in [0, 0.05) is 26.0 Å². The highest BCUT2D eigenvalue weighted by atomic mass is 32.2. The summed E-state index contributed by atoms with van der Waals surface area (Å²) >= 11 is 0. The molecule has 2 aromatic rings. The van der Waals surface area contributed by atoms with E-state index >= 15 is 0 Å². The van der Waals surface area contributed by atoms with Gasteiger partial charge >= 0.3 is 0 Å². The zero-order valence-electron chi connectivity index (χ0n) is 11.1. The van der Waals surface area contributed by atoms with Crippen molar-refractivity contribution in [2.45, 2.75) is 11.0 Å². The molecule has 0 amide bonds. The Labute approximate surface area is 118 Å². The lowest BCUT2D eigenvalue weighted by Crippen LogP contribution is -2.29. The fourth-order valence-electron chi connectivity index (χ4n) is 1.78. The summed E-state index contributed by atoms with van der Waals surface area (Å²) in [6, 6.07) is 12.5. The average molecular weight is 292 g/mol. The molecule has 2 rings (SSSR count). The number of nitrogens with zero attached hydrogens (tertiary/aromatic N) is 1. The first-order chi connectivity index (χ1) is 9.63. The third kappa shape index (κ3) is 3.63. The number of benzene rings is 1. The van der Waals surface area contributed by atoms with Crippen molar-refractivity contribution in [3.63, 3.8) is 0 Å². The number of ether oxygens (including phenoxy) is 1. The van der Waals surface area contributed by atoms with E-state index in [-0.39, 0.29) is 17.5 Å². The summed E-state index contributed by atoms with van der Waals surface area (Å²) in [6.45, 7) is 0.164. The molecular weight excluding hydrogens is 276 g/mol. The van der Waals surface area contributed by atoms with Crippen LogP contribution in [0.15, 0.2) is 59.8 Å². The van der Waals surface area contributed by atoms with E-state index in [1.165, 1.54) is 18.5 Å². The Morgan fingerprint density at radius 1 is 1.20 bits per heavy atom. The fraction of sp³-hybridized carbons (Fsp3) is 0.214. The van der Waals surface area contributed by atoms with Crippen LogP contribution in [0, 0.1) is 0 Å². The molecular formula is C14H16N2O3S. The van der Waals surface area contributed by atoms with Gasteiger partial charge < -0.3 is 4.74 Å². The van der Waals surface area contributed by atoms with Crippen LogP contribution in [-0.4, -0.2) is 27.1 Å². The molecule has 0 aliphatic carbocycles. The summed E-state index contributed by atoms with van der Waals surface area (Å²) in [5.41, 5.74) is 0.920. The first kappa shape index (κ1) is 14.6. The van der Waals surface area contributed by atoms with Crippen LogP contribution in [0.4, 0.5) is 0 Å². The number of sulfonamides is 1. The molecule has 0 aliphatic heterocycles. The predicted octanol–water partition coefficient (Wildman–Crippen LogP) is 1.75. The number of aromatic nitrogens is 1. The van der Waals surface area contributed by atoms with E-state index in [1.54, 1.807) is 13.2 Å². The molecule has 1 aromatic carbocycles. The maximum Gasteiger partial charge on any atom is 0.242 e. The first-order valence-corrected chi connectivity index (χ1v) is 7.59. The molecule has 1 unspecified atom stereocenters. The van der Waals surface area contributed by atoms with Crippen LogP contribution in [0.1, 0.15) is 11.7 Å². The van der Waals surface area contributed by atoms with E-state index in [0.29, 0.717) is 0 Å². The number of methoxy groups -OCH3 is 1. The van der Waals surface area contributed by atoms with Gasteiger partial charge in [-0.1, -0.05) is 30.3 Å². The molecule has 0 saturated carbocycles. The summed E-state index contributed by atoms with van der Waals surface area (Å²) in [6.07, 6.45) is 2.51. The quantitative estimate of drug-likeness (QED) is 0.880. The molecule has 0 aliphatic rings. The molecule has 0 saturated heterocycles. The minimum atomic E-state index is -3.57. The van der Waals surface area contributed by atoms with Crippen LogP contribution < -0.4 is 4.72 Å². The van der Waals surface area contributed by atoms with Gasteiger partial charge in [0.15, 0.2) is 0 Å². The van der Waals surface area contributed by atoms with Crippen molar-refractivity contribution in [2.24, 2.45) is 0 Å². The zero-order valence-corrected chi connectivity index (χ0v) is 11.9. The smallest absolute Gasteiger partial charge is 0.242 e. The predicted molar refractivity (Wildman–Crippen MR) is 75.6 cm³/mol. The molecule has 20 heavy (non-hydrogen) atoms. The van der Waals surface area contributed by atoms with Crippen molar-refractivity contribution in [1.29, 1.82) is 0 Å². The van der Waals surface area contributed by atoms with E-state index < -0.39 is 10.0 Å². The second-order valence-corrected chi connectivity index (χ2v) is 5.94. The average Bonchev–Trinajstić information content (AvgIpc) is 2.50. The van der Waals surface area contributed by atoms with Crippen molar-refractivity contribution < 1.29 is 13.2 Å². The topological polar surface area (TPSA) is 68.3 Å². The summed E-state index contributed by atoms with van der Waals surface area (Å²) < 4.78 is 32.0. The Hall–Kier alpha value is -1.76. The SMILES string of the molecule is COC(CNS(=O)(=O)c1cccnc1)c1ccccc1. The van der Waals surface area contributed by atoms with Gasteiger partial charge in [-0.15, -0.1) is 0 Å². The molecule has 5 nitrogen and oxygen atoms in total. The molecule has 0 bridgehead atoms. The second-order valence-electron chi connectivity index (χ2n) is 4.18. The summed E-state index contributed by atoms with van der Waals surface area (Å²) in [5, 5.41) is 0. The van der Waals surface area contributed by atoms with Crippen LogP contribution in [0.3, 0.4) is 0 Å². The number of nitrogens with one attached hydrogen (secondary N) is 1. The van der Waals surface area contributed by atoms with Gasteiger partial charge in [0.25, 0.3) is 0 Å². The lowest BCUT2D eigenvalue weighted by atomic mass is 10.1. The number of rotatable bonds is 6. The lowest BCUT2D eigenvalue weighted by molar-refractivity contribution is 0.107. The minimum Gasteiger partial charge on any atom is -0.375 e. The highest BCUT2D eigenvalue weighted by Crippen LogP contribution is 2.16. The van der Waals surface area contributed by atoms with Crippen LogP contribution in [0.25, 0.3) is 0 Å². The van der Waals surface area contributed by atoms with E-state index in [1.807, 2.05) is 30.3 Å². The van der Waals surface area contributed by atoms with E-state index in [4.69, 9.17) is 4.74 Å². The van der Waals surface area contributed by atoms with Gasteiger partial charge in [0.05, 0.1) is 6.10 Å². The monoisotopic (exact) mass is 292 g/mol. The van der Waals surface area contributed by atoms with E-state index in [9.17, 15) is 8.42 Å². The van der Waals surface area contributed by atoms with Crippen molar-refractivity contribution in [3.05, 3.63) is 60.4 Å². The number of hydrogen-bond donors (Lipinski definition) is 1. The normalized spacial score (nSPS) is 13.1. The molecule has 0 radical (unpaired) electrons. The van der Waals surface area contributed by atoms with Gasteiger partial charge in [-0.3, -0.25) is 4.98 Å². The van der Waals surface area contributed by atoms with Crippen LogP contribution in [0.5, 0.6) is 0 Å². The van der Waals surface area contributed by atoms with Crippen LogP contribution >= 0.6 is 0 Å². The summed E-state index contributed by atoms with van der Waals surface area (Å²) in [7, 11) is -2.01. The number of pyridine rings is 1. The zero-order chi connectivity index (χ0) is 14.4. The molecule has 0 spiro atoms. The van der Waals surface area contributed by atoms with Gasteiger partial charge in [0.2, 0.25) is 10.0 Å². The maximum atomic E-state index is 12.1. The van der Waals surface area contributed by atoms with Crippen molar-refractivity contribution in [3.8, 4) is 0 Å². The molecule has 0 fully saturated rings. The Morgan fingerprint density at radius 2 is 1.95 bits per heavy atom. The summed E-state index contributed by atoms with van der Waals surface area (Å²) in [5.74, 6) is 0. The standard InChI is InChI=1S/C14H16N2O3S/c1-19-14(12-6-3-2-4-7-12)11-16-20(17,18)13-8-5-9-15-10-13/h2-10,14,16H,11H2,1H3. The van der Waals surface area contributed by atoms with E-state index in [2.05, 4.69) is 9.71 Å². The van der Waals surface area contributed by atoms with Gasteiger partial charge in [-0.25, -0.2) is 13.1 Å². The minimum absolute atomic E-state index is 0.142. The van der Waals surface area contributed by atoms with Crippen LogP contribution in [-0.2, 0) is 14.8 Å². The lowest BCUT2D eigenvalue weighted by Gasteiger charge is -2.16. The molecule has 106 valence electrons. The Balaban J connectivity index is 2.07. The van der Waals surface area contributed by atoms with Gasteiger partial charge in [-0.2, -0.15) is 0 Å². The molecule has 1 N–H and O–H groups in total. The van der Waals surface area contributed by atoms with Crippen molar-refractivity contribution >= 4 is 10.0 Å². The third-order valence-electron chi connectivity index (χ3n) is 2.86. The van der Waals surface area contributed by atoms with Crippen LogP contribution in [0.2, 0.25) is 0 Å². The molecule has 6 heteroatoms. The van der Waals surface area contributed by atoms with Crippen molar-refractivity contribution in [2.75, 3.05) is 13.7 Å². The Morgan fingerprint density at radius 3 is 2.55 bits per heavy atom. The summed E-state index contributed by atoms with van der Waals surface area (Å²) in [4.78, 5) is 3.95. The number of hydrogen-bond acceptors (Lipinski definition) is 4. The molecule has 1 atom stereocenters. The van der Waals surface area contributed by atoms with Gasteiger partial charge in [-0.05, 0) is 17.7 Å². The Kier molecular flexibility index (Phi) is 4.84. The second kappa shape index (κ2) is 6.60. The maximum absolute atomic E-state index is 12.1. The Bertz CT molecular complexity index is 630. The van der Waals surface area contributed by atoms with E-state index in [0.717, 1.165) is 5.56 Å². The largest absolute Gasteiger partial charge is 0.375 e. The van der Waals surface area contributed by atoms with Gasteiger partial charge in [0.1, 0.15) is 4.90 Å². The molecule has 1 aromatic heterocycles. The van der Waals surface area contributed by atoms with Crippen molar-refractivity contribution in [1.82, 2.24) is 9.71 Å². The molecule has 1 heterocycles. The fourth-order valence-corrected chi connectivity index (χ4v) is 2.77. The highest BCUT2D eigenvalue weighted by molar-refractivity contribution is 7.89. The highest BCUT2D eigenvalue weighted by Gasteiger charge is 2.17. The third-order valence-corrected chi connectivity index (χ3v) is 4.27.